The third-order valence-corrected chi connectivity index (χ3v) is 7.03. The van der Waals surface area contributed by atoms with Crippen LogP contribution in [0.1, 0.15) is 55.1 Å². The molecule has 212 valence electrons. The first-order valence-corrected chi connectivity index (χ1v) is 13.9. The van der Waals surface area contributed by atoms with Crippen molar-refractivity contribution in [2.75, 3.05) is 5.32 Å². The SMILES string of the molecule is CC(C)c1c(C(=O)Nc2ccccc2)c(-c2ccccc2)c(-c2ccc(Cl)cc2)n1CCC(=O)C[C@@H](O)CC(=O)O. The Morgan fingerprint density at radius 2 is 1.46 bits per heavy atom. The zero-order valence-electron chi connectivity index (χ0n) is 23.0. The van der Waals surface area contributed by atoms with Crippen molar-refractivity contribution in [3.8, 4) is 22.4 Å². The van der Waals surface area contributed by atoms with E-state index in [4.69, 9.17) is 16.7 Å². The smallest absolute Gasteiger partial charge is 0.305 e. The molecule has 0 aliphatic heterocycles. The molecule has 1 amide bonds. The Morgan fingerprint density at radius 3 is 2.05 bits per heavy atom. The number of aliphatic carboxylic acids is 1. The highest BCUT2D eigenvalue weighted by Crippen LogP contribution is 2.42. The third kappa shape index (κ3) is 7.31. The number of nitrogens with one attached hydrogen (secondary N) is 1. The molecule has 1 heterocycles. The number of hydrogen-bond acceptors (Lipinski definition) is 4. The second-order valence-electron chi connectivity index (χ2n) is 10.2. The quantitative estimate of drug-likeness (QED) is 0.169. The summed E-state index contributed by atoms with van der Waals surface area (Å²) in [5.74, 6) is -1.79. The summed E-state index contributed by atoms with van der Waals surface area (Å²) in [6.07, 6.45) is -1.95. The lowest BCUT2D eigenvalue weighted by Gasteiger charge is -2.17. The molecule has 3 N–H and O–H groups in total. The predicted octanol–water partition coefficient (Wildman–Crippen LogP) is 7.04. The number of aliphatic hydroxyl groups is 1. The van der Waals surface area contributed by atoms with Gasteiger partial charge in [-0.25, -0.2) is 0 Å². The number of aromatic nitrogens is 1. The van der Waals surface area contributed by atoms with E-state index in [1.54, 1.807) is 12.1 Å². The van der Waals surface area contributed by atoms with Crippen LogP contribution in [0.3, 0.4) is 0 Å². The lowest BCUT2D eigenvalue weighted by Crippen LogP contribution is -2.19. The third-order valence-electron chi connectivity index (χ3n) is 6.78. The largest absolute Gasteiger partial charge is 0.481 e. The normalized spacial score (nSPS) is 11.8. The number of nitrogens with zero attached hydrogens (tertiary/aromatic N) is 1. The summed E-state index contributed by atoms with van der Waals surface area (Å²) in [5, 5.41) is 22.6. The van der Waals surface area contributed by atoms with Gasteiger partial charge in [-0.05, 0) is 41.3 Å². The number of amides is 1. The number of Topliss-reactive ketones (excluding diaryl/α,β-unsaturated/α-hetero) is 1. The van der Waals surface area contributed by atoms with E-state index in [9.17, 15) is 19.5 Å². The molecule has 0 aliphatic rings. The van der Waals surface area contributed by atoms with Crippen molar-refractivity contribution in [2.45, 2.75) is 51.7 Å². The number of carboxylic acids is 1. The van der Waals surface area contributed by atoms with Crippen molar-refractivity contribution in [3.05, 3.63) is 101 Å². The minimum atomic E-state index is -1.25. The topological polar surface area (TPSA) is 109 Å². The number of benzene rings is 3. The molecule has 1 aromatic heterocycles. The van der Waals surface area contributed by atoms with E-state index in [0.29, 0.717) is 16.3 Å². The summed E-state index contributed by atoms with van der Waals surface area (Å²) in [6.45, 7) is 4.25. The molecule has 41 heavy (non-hydrogen) atoms. The highest BCUT2D eigenvalue weighted by molar-refractivity contribution is 6.30. The van der Waals surface area contributed by atoms with Gasteiger partial charge in [0.05, 0.1) is 23.8 Å². The summed E-state index contributed by atoms with van der Waals surface area (Å²) in [5.41, 5.74) is 5.12. The molecule has 8 heteroatoms. The van der Waals surface area contributed by atoms with Gasteiger partial charge in [-0.3, -0.25) is 14.4 Å². The fraction of sp³-hybridized carbons (Fsp3) is 0.242. The first-order valence-electron chi connectivity index (χ1n) is 13.5. The number of carbonyl (C=O) groups is 3. The van der Waals surface area contributed by atoms with Gasteiger partial charge < -0.3 is 20.1 Å². The minimum absolute atomic E-state index is 0.0552. The number of hydrogen-bond donors (Lipinski definition) is 3. The second kappa shape index (κ2) is 13.4. The number of ketones is 1. The average molecular weight is 573 g/mol. The molecule has 4 rings (SSSR count). The first-order chi connectivity index (χ1) is 19.7. The molecule has 0 saturated heterocycles. The van der Waals surface area contributed by atoms with Crippen molar-refractivity contribution >= 4 is 34.9 Å². The fourth-order valence-electron chi connectivity index (χ4n) is 5.08. The van der Waals surface area contributed by atoms with Crippen LogP contribution < -0.4 is 5.32 Å². The number of rotatable bonds is 12. The van der Waals surface area contributed by atoms with E-state index >= 15 is 0 Å². The molecule has 0 fully saturated rings. The summed E-state index contributed by atoms with van der Waals surface area (Å²) >= 11 is 6.23. The Morgan fingerprint density at radius 1 is 0.854 bits per heavy atom. The first kappa shape index (κ1) is 29.8. The second-order valence-corrected chi connectivity index (χ2v) is 10.7. The Kier molecular flexibility index (Phi) is 9.76. The fourth-order valence-corrected chi connectivity index (χ4v) is 5.21. The van der Waals surface area contributed by atoms with Crippen LogP contribution in [0.5, 0.6) is 0 Å². The lowest BCUT2D eigenvalue weighted by atomic mass is 9.94. The van der Waals surface area contributed by atoms with Gasteiger partial charge in [-0.1, -0.05) is 86.1 Å². The van der Waals surface area contributed by atoms with Gasteiger partial charge in [0.1, 0.15) is 5.78 Å². The van der Waals surface area contributed by atoms with Gasteiger partial charge >= 0.3 is 5.97 Å². The molecule has 7 nitrogen and oxygen atoms in total. The number of carbonyl (C=O) groups excluding carboxylic acids is 2. The average Bonchev–Trinajstić information content (AvgIpc) is 3.28. The number of para-hydroxylation sites is 1. The molecular formula is C33H33ClN2O5. The van der Waals surface area contributed by atoms with Crippen molar-refractivity contribution in [3.63, 3.8) is 0 Å². The molecule has 0 unspecified atom stereocenters. The molecule has 3 aromatic carbocycles. The Labute approximate surface area is 244 Å². The van der Waals surface area contributed by atoms with Crippen LogP contribution in [0.4, 0.5) is 5.69 Å². The van der Waals surface area contributed by atoms with Crippen molar-refractivity contribution in [1.82, 2.24) is 4.57 Å². The number of aliphatic hydroxyl groups excluding tert-OH is 1. The maximum Gasteiger partial charge on any atom is 0.305 e. The number of halogens is 1. The molecule has 0 bridgehead atoms. The molecule has 1 atom stereocenters. The van der Waals surface area contributed by atoms with Gasteiger partial charge in [0, 0.05) is 41.4 Å². The predicted molar refractivity (Wildman–Crippen MR) is 161 cm³/mol. The van der Waals surface area contributed by atoms with E-state index in [2.05, 4.69) is 5.32 Å². The van der Waals surface area contributed by atoms with Crippen LogP contribution in [0.15, 0.2) is 84.9 Å². The van der Waals surface area contributed by atoms with E-state index in [1.165, 1.54) is 0 Å². The number of carboxylic acid groups (broad SMARTS) is 1. The van der Waals surface area contributed by atoms with Crippen LogP contribution in [-0.2, 0) is 16.1 Å². The van der Waals surface area contributed by atoms with Crippen LogP contribution in [-0.4, -0.2) is 38.5 Å². The van der Waals surface area contributed by atoms with E-state index < -0.39 is 18.5 Å². The van der Waals surface area contributed by atoms with Crippen molar-refractivity contribution in [1.29, 1.82) is 0 Å². The molecule has 0 spiro atoms. The van der Waals surface area contributed by atoms with Crippen LogP contribution in [0.25, 0.3) is 22.4 Å². The summed E-state index contributed by atoms with van der Waals surface area (Å²) in [4.78, 5) is 37.9. The molecule has 0 radical (unpaired) electrons. The van der Waals surface area contributed by atoms with Gasteiger partial charge in [-0.15, -0.1) is 0 Å². The Bertz CT molecular complexity index is 1510. The zero-order chi connectivity index (χ0) is 29.5. The van der Waals surface area contributed by atoms with Gasteiger partial charge in [0.15, 0.2) is 0 Å². The van der Waals surface area contributed by atoms with E-state index in [1.807, 2.05) is 91.2 Å². The highest BCUT2D eigenvalue weighted by Gasteiger charge is 2.30. The maximum atomic E-state index is 14.1. The van der Waals surface area contributed by atoms with Crippen molar-refractivity contribution in [2.24, 2.45) is 0 Å². The van der Waals surface area contributed by atoms with E-state index in [0.717, 1.165) is 28.1 Å². The number of anilines is 1. The highest BCUT2D eigenvalue weighted by atomic mass is 35.5. The van der Waals surface area contributed by atoms with Gasteiger partial charge in [0.2, 0.25) is 0 Å². The molecule has 0 aliphatic carbocycles. The van der Waals surface area contributed by atoms with E-state index in [-0.39, 0.29) is 37.0 Å². The van der Waals surface area contributed by atoms with Crippen LogP contribution in [0.2, 0.25) is 5.02 Å². The lowest BCUT2D eigenvalue weighted by molar-refractivity contribution is -0.139. The molecule has 0 saturated carbocycles. The van der Waals surface area contributed by atoms with Crippen molar-refractivity contribution < 1.29 is 24.6 Å². The zero-order valence-corrected chi connectivity index (χ0v) is 23.8. The maximum absolute atomic E-state index is 14.1. The monoisotopic (exact) mass is 572 g/mol. The Balaban J connectivity index is 1.90. The standard InChI is InChI=1S/C33H33ClN2O5/c1-21(2)31-30(33(41)35-25-11-7-4-8-12-25)29(22-9-5-3-6-10-22)32(23-13-15-24(34)16-14-23)36(31)18-17-26(37)19-27(38)20-28(39)40/h3-16,21,27,38H,17-20H2,1-2H3,(H,35,41)(H,39,40)/t27-/m1/s1. The minimum Gasteiger partial charge on any atom is -0.481 e. The van der Waals surface area contributed by atoms with Gasteiger partial charge in [-0.2, -0.15) is 0 Å². The van der Waals surface area contributed by atoms with Crippen LogP contribution in [0, 0.1) is 0 Å². The summed E-state index contributed by atoms with van der Waals surface area (Å²) in [6, 6.07) is 26.2. The Hall–Kier alpha value is -4.20. The molecule has 4 aromatic rings. The van der Waals surface area contributed by atoms with Crippen LogP contribution >= 0.6 is 11.6 Å². The van der Waals surface area contributed by atoms with Gasteiger partial charge in [0.25, 0.3) is 5.91 Å². The summed E-state index contributed by atoms with van der Waals surface area (Å²) < 4.78 is 2.01. The summed E-state index contributed by atoms with van der Waals surface area (Å²) in [7, 11) is 0. The molecular weight excluding hydrogens is 540 g/mol.